The number of hydrogen-bond donors (Lipinski definition) is 0. The van der Waals surface area contributed by atoms with Crippen molar-refractivity contribution in [3.8, 4) is 0 Å². The standard InChI is InChI=1S/C15H19N3O2/c1-11-10-16-12(2)18(11)13-5-7-17(8-6-13)15(19)14-4-3-9-20-14/h3-4,9-10,13H,5-8H2,1-2H3. The highest BCUT2D eigenvalue weighted by Crippen LogP contribution is 2.26. The summed E-state index contributed by atoms with van der Waals surface area (Å²) in [5.41, 5.74) is 1.19. The third-order valence-corrected chi connectivity index (χ3v) is 4.02. The van der Waals surface area contributed by atoms with Gasteiger partial charge in [-0.1, -0.05) is 0 Å². The molecule has 5 heteroatoms. The van der Waals surface area contributed by atoms with Gasteiger partial charge in [0.2, 0.25) is 0 Å². The minimum absolute atomic E-state index is 0.00692. The van der Waals surface area contributed by atoms with E-state index in [0.29, 0.717) is 11.8 Å². The van der Waals surface area contributed by atoms with Crippen LogP contribution in [0, 0.1) is 13.8 Å². The van der Waals surface area contributed by atoms with Gasteiger partial charge in [0.15, 0.2) is 5.76 Å². The van der Waals surface area contributed by atoms with Gasteiger partial charge in [0.05, 0.1) is 6.26 Å². The second kappa shape index (κ2) is 5.15. The van der Waals surface area contributed by atoms with Gasteiger partial charge in [-0.15, -0.1) is 0 Å². The van der Waals surface area contributed by atoms with Crippen LogP contribution in [0.2, 0.25) is 0 Å². The van der Waals surface area contributed by atoms with Crippen LogP contribution in [0.4, 0.5) is 0 Å². The number of imidazole rings is 1. The van der Waals surface area contributed by atoms with Crippen LogP contribution in [0.5, 0.6) is 0 Å². The van der Waals surface area contributed by atoms with Crippen LogP contribution in [0.3, 0.4) is 0 Å². The van der Waals surface area contributed by atoms with Gasteiger partial charge in [-0.05, 0) is 38.8 Å². The zero-order valence-corrected chi connectivity index (χ0v) is 11.9. The van der Waals surface area contributed by atoms with Gasteiger partial charge in [0.1, 0.15) is 5.82 Å². The maximum atomic E-state index is 12.2. The van der Waals surface area contributed by atoms with Crippen molar-refractivity contribution >= 4 is 5.91 Å². The third-order valence-electron chi connectivity index (χ3n) is 4.02. The molecule has 0 spiro atoms. The molecule has 3 heterocycles. The van der Waals surface area contributed by atoms with Crippen molar-refractivity contribution in [2.24, 2.45) is 0 Å². The van der Waals surface area contributed by atoms with Crippen LogP contribution in [0.25, 0.3) is 0 Å². The lowest BCUT2D eigenvalue weighted by molar-refractivity contribution is 0.0661. The molecular formula is C15H19N3O2. The van der Waals surface area contributed by atoms with Gasteiger partial charge < -0.3 is 13.9 Å². The van der Waals surface area contributed by atoms with Crippen LogP contribution in [0.1, 0.15) is 41.0 Å². The molecule has 1 amide bonds. The largest absolute Gasteiger partial charge is 0.459 e. The average Bonchev–Trinajstić information content (AvgIpc) is 3.09. The Bertz CT molecular complexity index is 573. The van der Waals surface area contributed by atoms with E-state index in [1.54, 1.807) is 12.1 Å². The predicted octanol–water partition coefficient (Wildman–Crippen LogP) is 2.57. The molecule has 2 aromatic rings. The van der Waals surface area contributed by atoms with E-state index in [1.165, 1.54) is 12.0 Å². The summed E-state index contributed by atoms with van der Waals surface area (Å²) in [7, 11) is 0. The van der Waals surface area contributed by atoms with Gasteiger partial charge in [-0.25, -0.2) is 4.98 Å². The van der Waals surface area contributed by atoms with Crippen LogP contribution >= 0.6 is 0 Å². The van der Waals surface area contributed by atoms with Gasteiger partial charge in [-0.3, -0.25) is 4.79 Å². The molecule has 0 N–H and O–H groups in total. The van der Waals surface area contributed by atoms with Crippen molar-refractivity contribution in [1.29, 1.82) is 0 Å². The normalized spacial score (nSPS) is 16.6. The summed E-state index contributed by atoms with van der Waals surface area (Å²) in [6, 6.07) is 3.91. The Kier molecular flexibility index (Phi) is 3.34. The molecule has 0 aromatic carbocycles. The molecule has 20 heavy (non-hydrogen) atoms. The van der Waals surface area contributed by atoms with Gasteiger partial charge in [0, 0.05) is 31.0 Å². The summed E-state index contributed by atoms with van der Waals surface area (Å²) >= 11 is 0. The van der Waals surface area contributed by atoms with E-state index >= 15 is 0 Å². The van der Waals surface area contributed by atoms with E-state index in [1.807, 2.05) is 18.0 Å². The lowest BCUT2D eigenvalue weighted by Crippen LogP contribution is -2.39. The fraction of sp³-hybridized carbons (Fsp3) is 0.467. The Morgan fingerprint density at radius 2 is 2.10 bits per heavy atom. The molecule has 1 fully saturated rings. The molecular weight excluding hydrogens is 254 g/mol. The Balaban J connectivity index is 1.67. The topological polar surface area (TPSA) is 51.3 Å². The van der Waals surface area contributed by atoms with Crippen molar-refractivity contribution in [3.05, 3.63) is 41.9 Å². The molecule has 0 bridgehead atoms. The predicted molar refractivity (Wildman–Crippen MR) is 74.6 cm³/mol. The maximum Gasteiger partial charge on any atom is 0.289 e. The average molecular weight is 273 g/mol. The number of rotatable bonds is 2. The van der Waals surface area contributed by atoms with E-state index in [9.17, 15) is 4.79 Å². The fourth-order valence-corrected chi connectivity index (χ4v) is 3.00. The summed E-state index contributed by atoms with van der Waals surface area (Å²) in [6.45, 7) is 5.65. The molecule has 0 unspecified atom stereocenters. The quantitative estimate of drug-likeness (QED) is 0.845. The smallest absolute Gasteiger partial charge is 0.289 e. The summed E-state index contributed by atoms with van der Waals surface area (Å²) in [4.78, 5) is 18.4. The minimum atomic E-state index is -0.00692. The van der Waals surface area contributed by atoms with E-state index in [0.717, 1.165) is 31.8 Å². The molecule has 0 aliphatic carbocycles. The van der Waals surface area contributed by atoms with Crippen LogP contribution in [-0.4, -0.2) is 33.4 Å². The zero-order valence-electron chi connectivity index (χ0n) is 11.9. The number of carbonyl (C=O) groups excluding carboxylic acids is 1. The molecule has 5 nitrogen and oxygen atoms in total. The van der Waals surface area contributed by atoms with Gasteiger partial charge >= 0.3 is 0 Å². The first kappa shape index (κ1) is 13.0. The van der Waals surface area contributed by atoms with Crippen molar-refractivity contribution in [2.75, 3.05) is 13.1 Å². The Morgan fingerprint density at radius 3 is 2.65 bits per heavy atom. The number of amides is 1. The van der Waals surface area contributed by atoms with E-state index in [2.05, 4.69) is 16.5 Å². The van der Waals surface area contributed by atoms with Crippen molar-refractivity contribution in [2.45, 2.75) is 32.7 Å². The molecule has 1 saturated heterocycles. The number of aromatic nitrogens is 2. The summed E-state index contributed by atoms with van der Waals surface area (Å²) in [5.74, 6) is 1.48. The summed E-state index contributed by atoms with van der Waals surface area (Å²) in [6.07, 6.45) is 5.38. The van der Waals surface area contributed by atoms with E-state index in [4.69, 9.17) is 4.42 Å². The van der Waals surface area contributed by atoms with Crippen LogP contribution < -0.4 is 0 Å². The summed E-state index contributed by atoms with van der Waals surface area (Å²) in [5, 5.41) is 0. The molecule has 1 aliphatic heterocycles. The number of aryl methyl sites for hydroxylation is 2. The lowest BCUT2D eigenvalue weighted by atomic mass is 10.0. The molecule has 0 saturated carbocycles. The SMILES string of the molecule is Cc1cnc(C)n1C1CCN(C(=O)c2ccco2)CC1. The number of piperidine rings is 1. The minimum Gasteiger partial charge on any atom is -0.459 e. The van der Waals surface area contributed by atoms with E-state index in [-0.39, 0.29) is 5.91 Å². The van der Waals surface area contributed by atoms with Crippen molar-refractivity contribution < 1.29 is 9.21 Å². The molecule has 0 atom stereocenters. The van der Waals surface area contributed by atoms with E-state index < -0.39 is 0 Å². The monoisotopic (exact) mass is 273 g/mol. The first-order valence-electron chi connectivity index (χ1n) is 7.00. The number of nitrogens with zero attached hydrogens (tertiary/aromatic N) is 3. The van der Waals surface area contributed by atoms with Crippen molar-refractivity contribution in [1.82, 2.24) is 14.5 Å². The second-order valence-corrected chi connectivity index (χ2v) is 5.32. The first-order chi connectivity index (χ1) is 9.66. The van der Waals surface area contributed by atoms with Gasteiger partial charge in [-0.2, -0.15) is 0 Å². The molecule has 0 radical (unpaired) electrons. The number of carbonyl (C=O) groups is 1. The van der Waals surface area contributed by atoms with Gasteiger partial charge in [0.25, 0.3) is 5.91 Å². The second-order valence-electron chi connectivity index (χ2n) is 5.32. The molecule has 106 valence electrons. The first-order valence-corrected chi connectivity index (χ1v) is 7.00. The Labute approximate surface area is 118 Å². The summed E-state index contributed by atoms with van der Waals surface area (Å²) < 4.78 is 7.47. The van der Waals surface area contributed by atoms with Crippen LogP contribution in [-0.2, 0) is 0 Å². The number of hydrogen-bond acceptors (Lipinski definition) is 3. The third kappa shape index (κ3) is 2.24. The number of likely N-dealkylation sites (tertiary alicyclic amines) is 1. The molecule has 3 rings (SSSR count). The number of furan rings is 1. The Morgan fingerprint density at radius 1 is 1.35 bits per heavy atom. The van der Waals surface area contributed by atoms with Crippen LogP contribution in [0.15, 0.2) is 29.0 Å². The highest BCUT2D eigenvalue weighted by molar-refractivity contribution is 5.91. The lowest BCUT2D eigenvalue weighted by Gasteiger charge is -2.33. The highest BCUT2D eigenvalue weighted by atomic mass is 16.3. The zero-order chi connectivity index (χ0) is 14.1. The molecule has 1 aliphatic rings. The Hall–Kier alpha value is -2.04. The molecule has 2 aromatic heterocycles. The highest BCUT2D eigenvalue weighted by Gasteiger charge is 2.26. The van der Waals surface area contributed by atoms with Crippen molar-refractivity contribution in [3.63, 3.8) is 0 Å². The fourth-order valence-electron chi connectivity index (χ4n) is 3.00. The maximum absolute atomic E-state index is 12.2.